The average molecular weight is 151 g/mol. The second-order valence-corrected chi connectivity index (χ2v) is 2.82. The highest BCUT2D eigenvalue weighted by molar-refractivity contribution is 5.46. The van der Waals surface area contributed by atoms with Crippen LogP contribution in [0.4, 0.5) is 11.6 Å². The van der Waals surface area contributed by atoms with Gasteiger partial charge < -0.3 is 10.6 Å². The Morgan fingerprint density at radius 1 is 1.36 bits per heavy atom. The van der Waals surface area contributed by atoms with E-state index in [-0.39, 0.29) is 0 Å². The molecule has 0 saturated heterocycles. The van der Waals surface area contributed by atoms with Crippen LogP contribution in [0.2, 0.25) is 0 Å². The normalized spacial score (nSPS) is 9.73. The quantitative estimate of drug-likeness (QED) is 0.652. The molecule has 3 heteroatoms. The van der Waals surface area contributed by atoms with Crippen LogP contribution >= 0.6 is 0 Å². The highest BCUT2D eigenvalue weighted by Crippen LogP contribution is 2.12. The van der Waals surface area contributed by atoms with Crippen LogP contribution in [-0.4, -0.2) is 19.1 Å². The number of anilines is 2. The van der Waals surface area contributed by atoms with Gasteiger partial charge in [0.1, 0.15) is 11.6 Å². The van der Waals surface area contributed by atoms with E-state index >= 15 is 0 Å². The van der Waals surface area contributed by atoms with Crippen molar-refractivity contribution in [2.75, 3.05) is 24.7 Å². The first kappa shape index (κ1) is 7.85. The summed E-state index contributed by atoms with van der Waals surface area (Å²) in [5.41, 5.74) is 6.70. The molecule has 60 valence electrons. The zero-order chi connectivity index (χ0) is 8.43. The van der Waals surface area contributed by atoms with Crippen molar-refractivity contribution in [2.45, 2.75) is 6.92 Å². The van der Waals surface area contributed by atoms with Gasteiger partial charge in [-0.1, -0.05) is 0 Å². The third-order valence-electron chi connectivity index (χ3n) is 1.43. The molecule has 0 unspecified atom stereocenters. The van der Waals surface area contributed by atoms with Gasteiger partial charge in [-0.25, -0.2) is 4.98 Å². The molecule has 0 atom stereocenters. The summed E-state index contributed by atoms with van der Waals surface area (Å²) in [6.45, 7) is 2.00. The largest absolute Gasteiger partial charge is 0.384 e. The van der Waals surface area contributed by atoms with Crippen LogP contribution < -0.4 is 10.6 Å². The number of aryl methyl sites for hydroxylation is 1. The molecule has 0 aliphatic rings. The van der Waals surface area contributed by atoms with Gasteiger partial charge in [0, 0.05) is 14.1 Å². The van der Waals surface area contributed by atoms with Gasteiger partial charge in [-0.15, -0.1) is 0 Å². The third-order valence-corrected chi connectivity index (χ3v) is 1.43. The van der Waals surface area contributed by atoms with E-state index in [4.69, 9.17) is 5.73 Å². The van der Waals surface area contributed by atoms with Crippen LogP contribution in [0, 0.1) is 6.92 Å². The smallest absolute Gasteiger partial charge is 0.130 e. The van der Waals surface area contributed by atoms with Crippen LogP contribution in [0.25, 0.3) is 0 Å². The van der Waals surface area contributed by atoms with Crippen molar-refractivity contribution >= 4 is 11.6 Å². The van der Waals surface area contributed by atoms with Crippen LogP contribution in [0.5, 0.6) is 0 Å². The van der Waals surface area contributed by atoms with Gasteiger partial charge in [0.2, 0.25) is 0 Å². The minimum atomic E-state index is 0.578. The van der Waals surface area contributed by atoms with E-state index in [0.29, 0.717) is 5.82 Å². The predicted molar refractivity (Wildman–Crippen MR) is 47.7 cm³/mol. The lowest BCUT2D eigenvalue weighted by atomic mass is 10.3. The Labute approximate surface area is 66.8 Å². The summed E-state index contributed by atoms with van der Waals surface area (Å²) >= 11 is 0. The molecule has 3 nitrogen and oxygen atoms in total. The van der Waals surface area contributed by atoms with E-state index in [0.717, 1.165) is 11.4 Å². The summed E-state index contributed by atoms with van der Waals surface area (Å²) in [6, 6.07) is 3.85. The van der Waals surface area contributed by atoms with Crippen LogP contribution in [-0.2, 0) is 0 Å². The zero-order valence-electron chi connectivity index (χ0n) is 7.13. The first-order valence-corrected chi connectivity index (χ1v) is 3.51. The van der Waals surface area contributed by atoms with Gasteiger partial charge in [0.15, 0.2) is 0 Å². The summed E-state index contributed by atoms with van der Waals surface area (Å²) in [5, 5.41) is 0. The number of nitrogen functional groups attached to an aromatic ring is 1. The summed E-state index contributed by atoms with van der Waals surface area (Å²) in [7, 11) is 3.89. The highest BCUT2D eigenvalue weighted by Gasteiger charge is 1.97. The van der Waals surface area contributed by atoms with Crippen molar-refractivity contribution in [1.29, 1.82) is 0 Å². The van der Waals surface area contributed by atoms with Crippen LogP contribution in [0.1, 0.15) is 5.56 Å². The number of nitrogens with zero attached hydrogens (tertiary/aromatic N) is 2. The Hall–Kier alpha value is -1.25. The lowest BCUT2D eigenvalue weighted by Crippen LogP contribution is -2.11. The Kier molecular flexibility index (Phi) is 1.98. The van der Waals surface area contributed by atoms with E-state index in [1.54, 1.807) is 0 Å². The van der Waals surface area contributed by atoms with Gasteiger partial charge in [0.05, 0.1) is 0 Å². The van der Waals surface area contributed by atoms with E-state index < -0.39 is 0 Å². The molecule has 1 aromatic heterocycles. The second kappa shape index (κ2) is 2.78. The average Bonchev–Trinajstić information content (AvgIpc) is 1.85. The first-order chi connectivity index (χ1) is 5.09. The SMILES string of the molecule is Cc1cc(N)nc(N(C)C)c1. The van der Waals surface area contributed by atoms with Crippen LogP contribution in [0.3, 0.4) is 0 Å². The highest BCUT2D eigenvalue weighted by atomic mass is 15.1. The maximum absolute atomic E-state index is 5.56. The molecular formula is C8H13N3. The minimum absolute atomic E-state index is 0.578. The molecule has 0 saturated carbocycles. The van der Waals surface area contributed by atoms with Gasteiger partial charge >= 0.3 is 0 Å². The Morgan fingerprint density at radius 2 is 2.00 bits per heavy atom. The first-order valence-electron chi connectivity index (χ1n) is 3.51. The molecule has 0 aliphatic heterocycles. The molecule has 0 spiro atoms. The molecule has 0 aromatic carbocycles. The van der Waals surface area contributed by atoms with E-state index in [1.807, 2.05) is 38.1 Å². The van der Waals surface area contributed by atoms with Gasteiger partial charge in [-0.05, 0) is 24.6 Å². The molecule has 0 amide bonds. The fourth-order valence-corrected chi connectivity index (χ4v) is 0.904. The van der Waals surface area contributed by atoms with Crippen molar-refractivity contribution in [2.24, 2.45) is 0 Å². The number of hydrogen-bond donors (Lipinski definition) is 1. The molecular weight excluding hydrogens is 138 g/mol. The zero-order valence-corrected chi connectivity index (χ0v) is 7.13. The van der Waals surface area contributed by atoms with Crippen molar-refractivity contribution in [1.82, 2.24) is 4.98 Å². The van der Waals surface area contributed by atoms with Crippen molar-refractivity contribution < 1.29 is 0 Å². The van der Waals surface area contributed by atoms with Crippen molar-refractivity contribution in [3.63, 3.8) is 0 Å². The molecule has 1 heterocycles. The standard InChI is InChI=1S/C8H13N3/c1-6-4-7(9)10-8(5-6)11(2)3/h4-5H,1-3H3,(H2,9,10). The third kappa shape index (κ3) is 1.83. The monoisotopic (exact) mass is 151 g/mol. The second-order valence-electron chi connectivity index (χ2n) is 2.82. The lowest BCUT2D eigenvalue weighted by Gasteiger charge is -2.11. The fourth-order valence-electron chi connectivity index (χ4n) is 0.904. The van der Waals surface area contributed by atoms with Crippen molar-refractivity contribution in [3.8, 4) is 0 Å². The molecule has 11 heavy (non-hydrogen) atoms. The van der Waals surface area contributed by atoms with E-state index in [1.165, 1.54) is 0 Å². The lowest BCUT2D eigenvalue weighted by molar-refractivity contribution is 1.07. The molecule has 0 aliphatic carbocycles. The molecule has 2 N–H and O–H groups in total. The predicted octanol–water partition coefficient (Wildman–Crippen LogP) is 1.04. The maximum Gasteiger partial charge on any atom is 0.130 e. The number of hydrogen-bond acceptors (Lipinski definition) is 3. The topological polar surface area (TPSA) is 42.1 Å². The van der Waals surface area contributed by atoms with Gasteiger partial charge in [0.25, 0.3) is 0 Å². The van der Waals surface area contributed by atoms with Crippen LogP contribution in [0.15, 0.2) is 12.1 Å². The van der Waals surface area contributed by atoms with E-state index in [2.05, 4.69) is 4.98 Å². The summed E-state index contributed by atoms with van der Waals surface area (Å²) < 4.78 is 0. The summed E-state index contributed by atoms with van der Waals surface area (Å²) in [5.74, 6) is 1.48. The molecule has 1 aromatic rings. The molecule has 1 rings (SSSR count). The van der Waals surface area contributed by atoms with Crippen molar-refractivity contribution in [3.05, 3.63) is 17.7 Å². The Bertz CT molecular complexity index is 235. The van der Waals surface area contributed by atoms with Gasteiger partial charge in [-0.3, -0.25) is 0 Å². The van der Waals surface area contributed by atoms with Gasteiger partial charge in [-0.2, -0.15) is 0 Å². The Balaban J connectivity index is 3.08. The summed E-state index contributed by atoms with van der Waals surface area (Å²) in [6.07, 6.45) is 0. The molecule has 0 fully saturated rings. The van der Waals surface area contributed by atoms with E-state index in [9.17, 15) is 0 Å². The molecule has 0 radical (unpaired) electrons. The maximum atomic E-state index is 5.56. The number of rotatable bonds is 1. The summed E-state index contributed by atoms with van der Waals surface area (Å²) in [4.78, 5) is 6.07. The minimum Gasteiger partial charge on any atom is -0.384 e. The number of aromatic nitrogens is 1. The number of pyridine rings is 1. The number of nitrogens with two attached hydrogens (primary N) is 1. The Morgan fingerprint density at radius 3 is 2.45 bits per heavy atom. The fraction of sp³-hybridized carbons (Fsp3) is 0.375. The molecule has 0 bridgehead atoms.